The first-order valence-electron chi connectivity index (χ1n) is 7.44. The van der Waals surface area contributed by atoms with E-state index in [-0.39, 0.29) is 11.6 Å². The molecule has 0 bridgehead atoms. The molecule has 1 unspecified atom stereocenters. The van der Waals surface area contributed by atoms with Gasteiger partial charge in [0.15, 0.2) is 0 Å². The van der Waals surface area contributed by atoms with Gasteiger partial charge in [0.25, 0.3) is 0 Å². The van der Waals surface area contributed by atoms with Crippen LogP contribution in [0.5, 0.6) is 0 Å². The zero-order valence-electron chi connectivity index (χ0n) is 13.0. The van der Waals surface area contributed by atoms with Crippen LogP contribution in [0.4, 0.5) is 0 Å². The van der Waals surface area contributed by atoms with Crippen LogP contribution in [0.1, 0.15) is 32.1 Å². The summed E-state index contributed by atoms with van der Waals surface area (Å²) in [6.07, 6.45) is 4.19. The second-order valence-electron chi connectivity index (χ2n) is 5.74. The second-order valence-corrected chi connectivity index (χ2v) is 6.73. The van der Waals surface area contributed by atoms with E-state index in [1.54, 1.807) is 0 Å². The van der Waals surface area contributed by atoms with Crippen molar-refractivity contribution in [3.05, 3.63) is 11.4 Å². The summed E-state index contributed by atoms with van der Waals surface area (Å²) in [5.41, 5.74) is 11.3. The number of carbonyl (C=O) groups is 2. The van der Waals surface area contributed by atoms with E-state index in [9.17, 15) is 14.9 Å². The molecule has 2 aliphatic rings. The molecule has 0 radical (unpaired) electrons. The molecule has 1 aliphatic carbocycles. The van der Waals surface area contributed by atoms with Gasteiger partial charge in [-0.25, -0.2) is 4.99 Å². The lowest BCUT2D eigenvalue weighted by atomic mass is 9.61. The molecule has 1 saturated carbocycles. The SMILES string of the molecule is COC(=O)CSC1=NC(N)=C(C#N)C2(CCCCC2)C1C(N)=O. The molecule has 0 aromatic carbocycles. The largest absolute Gasteiger partial charge is 0.468 e. The van der Waals surface area contributed by atoms with Gasteiger partial charge in [-0.15, -0.1) is 0 Å². The summed E-state index contributed by atoms with van der Waals surface area (Å²) in [6.45, 7) is 0. The molecule has 1 atom stereocenters. The van der Waals surface area contributed by atoms with Gasteiger partial charge in [-0.3, -0.25) is 9.59 Å². The lowest BCUT2D eigenvalue weighted by molar-refractivity contribution is -0.137. The fourth-order valence-corrected chi connectivity index (χ4v) is 4.52. The number of nitrogens with zero attached hydrogens (tertiary/aromatic N) is 2. The van der Waals surface area contributed by atoms with Crippen LogP contribution in [-0.2, 0) is 14.3 Å². The van der Waals surface area contributed by atoms with E-state index < -0.39 is 23.2 Å². The summed E-state index contributed by atoms with van der Waals surface area (Å²) in [4.78, 5) is 27.7. The van der Waals surface area contributed by atoms with Crippen LogP contribution in [0.25, 0.3) is 0 Å². The first kappa shape index (κ1) is 17.3. The maximum atomic E-state index is 12.2. The Balaban J connectivity index is 2.45. The Labute approximate surface area is 139 Å². The minimum atomic E-state index is -0.723. The maximum absolute atomic E-state index is 12.2. The summed E-state index contributed by atoms with van der Waals surface area (Å²) in [7, 11) is 1.29. The fraction of sp³-hybridized carbons (Fsp3) is 0.600. The molecule has 23 heavy (non-hydrogen) atoms. The van der Waals surface area contributed by atoms with E-state index >= 15 is 0 Å². The first-order chi connectivity index (χ1) is 11.0. The van der Waals surface area contributed by atoms with Crippen molar-refractivity contribution < 1.29 is 14.3 Å². The number of rotatable bonds is 3. The van der Waals surface area contributed by atoms with E-state index in [2.05, 4.69) is 15.8 Å². The third-order valence-electron chi connectivity index (χ3n) is 4.49. The van der Waals surface area contributed by atoms with Crippen molar-refractivity contribution in [2.75, 3.05) is 12.9 Å². The highest BCUT2D eigenvalue weighted by atomic mass is 32.2. The molecular formula is C15H20N4O3S. The fourth-order valence-electron chi connectivity index (χ4n) is 3.47. The number of aliphatic imine (C=N–C) groups is 1. The second kappa shape index (κ2) is 7.04. The number of carbonyl (C=O) groups excluding carboxylic acids is 2. The number of nitriles is 1. The van der Waals surface area contributed by atoms with Gasteiger partial charge in [0.05, 0.1) is 35.5 Å². The van der Waals surface area contributed by atoms with E-state index in [0.717, 1.165) is 31.0 Å². The van der Waals surface area contributed by atoms with Crippen LogP contribution in [-0.4, -0.2) is 29.8 Å². The highest BCUT2D eigenvalue weighted by Gasteiger charge is 2.51. The Morgan fingerprint density at radius 1 is 1.43 bits per heavy atom. The number of esters is 1. The van der Waals surface area contributed by atoms with Crippen molar-refractivity contribution in [2.45, 2.75) is 32.1 Å². The van der Waals surface area contributed by atoms with E-state index in [1.165, 1.54) is 7.11 Å². The predicted octanol–water partition coefficient (Wildman–Crippen LogP) is 1.05. The molecule has 1 amide bonds. The van der Waals surface area contributed by atoms with Gasteiger partial charge in [-0.2, -0.15) is 5.26 Å². The van der Waals surface area contributed by atoms with Crippen molar-refractivity contribution >= 4 is 28.7 Å². The minimum absolute atomic E-state index is 0.0182. The zero-order chi connectivity index (χ0) is 17.0. The van der Waals surface area contributed by atoms with Crippen molar-refractivity contribution in [3.63, 3.8) is 0 Å². The molecule has 1 aliphatic heterocycles. The number of hydrogen-bond donors (Lipinski definition) is 2. The van der Waals surface area contributed by atoms with Crippen molar-refractivity contribution in [2.24, 2.45) is 27.8 Å². The van der Waals surface area contributed by atoms with Crippen LogP contribution in [0.3, 0.4) is 0 Å². The average Bonchev–Trinajstić information content (AvgIpc) is 2.52. The molecule has 4 N–H and O–H groups in total. The number of methoxy groups -OCH3 is 1. The number of ether oxygens (including phenoxy) is 1. The Kier molecular flexibility index (Phi) is 5.31. The van der Waals surface area contributed by atoms with Crippen molar-refractivity contribution in [1.29, 1.82) is 5.26 Å². The first-order valence-corrected chi connectivity index (χ1v) is 8.42. The number of amides is 1. The molecule has 0 saturated heterocycles. The molecule has 124 valence electrons. The van der Waals surface area contributed by atoms with E-state index in [1.807, 2.05) is 0 Å². The van der Waals surface area contributed by atoms with Crippen LogP contribution in [0.2, 0.25) is 0 Å². The van der Waals surface area contributed by atoms with Gasteiger partial charge in [-0.1, -0.05) is 31.0 Å². The molecule has 7 nitrogen and oxygen atoms in total. The molecular weight excluding hydrogens is 316 g/mol. The third-order valence-corrected chi connectivity index (χ3v) is 5.49. The number of thioether (sulfide) groups is 1. The van der Waals surface area contributed by atoms with Crippen molar-refractivity contribution in [1.82, 2.24) is 0 Å². The lowest BCUT2D eigenvalue weighted by Gasteiger charge is -2.44. The maximum Gasteiger partial charge on any atom is 0.316 e. The molecule has 1 heterocycles. The van der Waals surface area contributed by atoms with Crippen LogP contribution >= 0.6 is 11.8 Å². The Morgan fingerprint density at radius 3 is 2.61 bits per heavy atom. The highest BCUT2D eigenvalue weighted by Crippen LogP contribution is 2.52. The molecule has 1 spiro atoms. The lowest BCUT2D eigenvalue weighted by Crippen LogP contribution is -2.48. The summed E-state index contributed by atoms with van der Waals surface area (Å²) in [6, 6.07) is 2.13. The Morgan fingerprint density at radius 2 is 2.09 bits per heavy atom. The molecule has 1 fully saturated rings. The number of allylic oxidation sites excluding steroid dienone is 1. The summed E-state index contributed by atoms with van der Waals surface area (Å²) in [5, 5.41) is 9.93. The van der Waals surface area contributed by atoms with Gasteiger partial charge >= 0.3 is 5.97 Å². The smallest absolute Gasteiger partial charge is 0.316 e. The van der Waals surface area contributed by atoms with Crippen LogP contribution in [0.15, 0.2) is 16.4 Å². The normalized spacial score (nSPS) is 23.1. The van der Waals surface area contributed by atoms with Gasteiger partial charge in [0, 0.05) is 5.41 Å². The Hall–Kier alpha value is -2.01. The van der Waals surface area contributed by atoms with Crippen LogP contribution < -0.4 is 11.5 Å². The number of primary amides is 1. The highest BCUT2D eigenvalue weighted by molar-refractivity contribution is 8.14. The molecule has 8 heteroatoms. The summed E-state index contributed by atoms with van der Waals surface area (Å²) in [5.74, 6) is -1.54. The average molecular weight is 336 g/mol. The third kappa shape index (κ3) is 3.20. The summed E-state index contributed by atoms with van der Waals surface area (Å²) >= 11 is 1.10. The topological polar surface area (TPSA) is 132 Å². The molecule has 0 aromatic heterocycles. The van der Waals surface area contributed by atoms with Gasteiger partial charge in [0.2, 0.25) is 5.91 Å². The Bertz CT molecular complexity index is 615. The van der Waals surface area contributed by atoms with Gasteiger partial charge in [-0.05, 0) is 12.8 Å². The standard InChI is InChI=1S/C15H20N4O3S/c1-22-10(20)8-23-14-11(13(18)21)15(5-3-2-4-6-15)9(7-16)12(17)19-14/h11H,2-6,8,17H2,1H3,(H2,18,21). The molecule has 2 rings (SSSR count). The van der Waals surface area contributed by atoms with Crippen molar-refractivity contribution in [3.8, 4) is 6.07 Å². The predicted molar refractivity (Wildman–Crippen MR) is 86.9 cm³/mol. The quantitative estimate of drug-likeness (QED) is 0.740. The number of nitrogens with two attached hydrogens (primary N) is 2. The van der Waals surface area contributed by atoms with E-state index in [4.69, 9.17) is 11.5 Å². The van der Waals surface area contributed by atoms with E-state index in [0.29, 0.717) is 23.5 Å². The van der Waals surface area contributed by atoms with Crippen LogP contribution in [0, 0.1) is 22.7 Å². The monoisotopic (exact) mass is 336 g/mol. The van der Waals surface area contributed by atoms with Gasteiger partial charge < -0.3 is 16.2 Å². The van der Waals surface area contributed by atoms with Gasteiger partial charge in [0.1, 0.15) is 5.82 Å². The number of hydrogen-bond acceptors (Lipinski definition) is 7. The minimum Gasteiger partial charge on any atom is -0.468 e. The zero-order valence-corrected chi connectivity index (χ0v) is 13.8. The summed E-state index contributed by atoms with van der Waals surface area (Å²) < 4.78 is 4.62. The molecule has 0 aromatic rings.